The van der Waals surface area contributed by atoms with Crippen LogP contribution in [0.25, 0.3) is 0 Å². The summed E-state index contributed by atoms with van der Waals surface area (Å²) in [5.41, 5.74) is 1.74. The van der Waals surface area contributed by atoms with Gasteiger partial charge in [-0.15, -0.1) is 0 Å². The topological polar surface area (TPSA) is 50.7 Å². The fourth-order valence-electron chi connectivity index (χ4n) is 2.40. The molecule has 2 aromatic rings. The van der Waals surface area contributed by atoms with Gasteiger partial charge in [0.15, 0.2) is 11.5 Å². The van der Waals surface area contributed by atoms with Crippen molar-refractivity contribution >= 4 is 39.1 Å². The van der Waals surface area contributed by atoms with Crippen molar-refractivity contribution in [3.8, 4) is 11.5 Å². The highest BCUT2D eigenvalue weighted by atomic mass is 79.9. The number of benzene rings is 2. The molecule has 0 aliphatic heterocycles. The van der Waals surface area contributed by atoms with Gasteiger partial charge in [-0.1, -0.05) is 52.1 Å². The van der Waals surface area contributed by atoms with Gasteiger partial charge in [0.05, 0.1) is 13.7 Å². The summed E-state index contributed by atoms with van der Waals surface area (Å²) in [5.74, 6) is 1.21. The van der Waals surface area contributed by atoms with Gasteiger partial charge in [-0.2, -0.15) is 0 Å². The lowest BCUT2D eigenvalue weighted by molar-refractivity contribution is 0.238. The van der Waals surface area contributed by atoms with Crippen molar-refractivity contribution in [1.82, 2.24) is 5.32 Å². The van der Waals surface area contributed by atoms with Gasteiger partial charge in [0.1, 0.15) is 6.61 Å². The van der Waals surface area contributed by atoms with E-state index in [-0.39, 0.29) is 19.3 Å². The molecule has 1 unspecified atom stereocenters. The number of rotatable bonds is 9. The second-order valence-corrected chi connectivity index (χ2v) is 7.42. The van der Waals surface area contributed by atoms with Crippen LogP contribution in [0.3, 0.4) is 0 Å². The van der Waals surface area contributed by atoms with Crippen molar-refractivity contribution in [3.05, 3.63) is 56.0 Å². The van der Waals surface area contributed by atoms with Gasteiger partial charge in [0.25, 0.3) is 0 Å². The Morgan fingerprint density at radius 3 is 2.46 bits per heavy atom. The summed E-state index contributed by atoms with van der Waals surface area (Å²) in [7, 11) is 1.60. The first kappa shape index (κ1) is 21.3. The fourth-order valence-corrected chi connectivity index (χ4v) is 3.37. The minimum Gasteiger partial charge on any atom is -0.493 e. The van der Waals surface area contributed by atoms with Crippen LogP contribution in [-0.4, -0.2) is 24.9 Å². The predicted octanol–water partition coefficient (Wildman–Crippen LogP) is 5.20. The zero-order chi connectivity index (χ0) is 19.1. The summed E-state index contributed by atoms with van der Waals surface area (Å²) in [6.07, 6.45) is 0.852. The van der Waals surface area contributed by atoms with Crippen LogP contribution in [0.1, 0.15) is 24.5 Å². The van der Waals surface area contributed by atoms with E-state index >= 15 is 0 Å². The lowest BCUT2D eigenvalue weighted by Gasteiger charge is -2.17. The molecule has 0 aliphatic rings. The highest BCUT2D eigenvalue weighted by Crippen LogP contribution is 2.35. The molecule has 0 saturated carbocycles. The molecule has 0 aromatic heterocycles. The second-order valence-electron chi connectivity index (χ2n) is 5.75. The fraction of sp³-hybridized carbons (Fsp3) is 0.368. The summed E-state index contributed by atoms with van der Waals surface area (Å²) in [4.78, 5) is 0. The Balaban J connectivity index is 2.15. The maximum absolute atomic E-state index is 9.30. The number of ether oxygens (including phenoxy) is 2. The highest BCUT2D eigenvalue weighted by Gasteiger charge is 2.13. The normalized spacial score (nSPS) is 12.1. The summed E-state index contributed by atoms with van der Waals surface area (Å²) < 4.78 is 12.2. The average Bonchev–Trinajstić information content (AvgIpc) is 2.63. The Morgan fingerprint density at radius 1 is 1.19 bits per heavy atom. The monoisotopic (exact) mass is 461 g/mol. The first-order valence-electron chi connectivity index (χ1n) is 8.26. The van der Waals surface area contributed by atoms with Crippen molar-refractivity contribution < 1.29 is 14.6 Å². The van der Waals surface area contributed by atoms with Crippen LogP contribution < -0.4 is 14.8 Å². The van der Waals surface area contributed by atoms with E-state index in [2.05, 4.69) is 21.2 Å². The number of aliphatic hydroxyl groups excluding tert-OH is 1. The molecule has 0 spiro atoms. The first-order chi connectivity index (χ1) is 12.5. The van der Waals surface area contributed by atoms with Crippen molar-refractivity contribution in [1.29, 1.82) is 0 Å². The lowest BCUT2D eigenvalue weighted by atomic mass is 10.1. The highest BCUT2D eigenvalue weighted by molar-refractivity contribution is 9.10. The van der Waals surface area contributed by atoms with Crippen molar-refractivity contribution in [2.24, 2.45) is 0 Å². The van der Waals surface area contributed by atoms with E-state index < -0.39 is 0 Å². The van der Waals surface area contributed by atoms with E-state index in [1.165, 1.54) is 0 Å². The molecular weight excluding hydrogens is 441 g/mol. The van der Waals surface area contributed by atoms with Crippen molar-refractivity contribution in [2.75, 3.05) is 13.7 Å². The number of halogens is 3. The molecule has 1 atom stereocenters. The first-order valence-corrected chi connectivity index (χ1v) is 9.81. The van der Waals surface area contributed by atoms with Gasteiger partial charge in [-0.05, 0) is 36.2 Å². The molecule has 0 radical (unpaired) electrons. The van der Waals surface area contributed by atoms with Gasteiger partial charge >= 0.3 is 0 Å². The van der Waals surface area contributed by atoms with E-state index in [4.69, 9.17) is 32.7 Å². The van der Waals surface area contributed by atoms with Gasteiger partial charge in [0.2, 0.25) is 0 Å². The van der Waals surface area contributed by atoms with E-state index in [1.807, 2.05) is 19.1 Å². The number of aliphatic hydroxyl groups is 1. The van der Waals surface area contributed by atoms with Crippen LogP contribution in [0.5, 0.6) is 11.5 Å². The molecule has 2 rings (SSSR count). The standard InChI is InChI=1S/C19H22BrCl2NO3/c1-3-13(10-24)23-9-12-7-18(25-2)19(8-15(12)20)26-11-14-16(21)5-4-6-17(14)22/h4-8,13,23-24H,3,9-11H2,1-2H3. The molecule has 0 fully saturated rings. The van der Waals surface area contributed by atoms with Crippen LogP contribution in [0.15, 0.2) is 34.8 Å². The van der Waals surface area contributed by atoms with Crippen LogP contribution in [0, 0.1) is 0 Å². The molecule has 0 bridgehead atoms. The number of hydrogen-bond acceptors (Lipinski definition) is 4. The maximum Gasteiger partial charge on any atom is 0.162 e. The Bertz CT molecular complexity index is 719. The van der Waals surface area contributed by atoms with Crippen molar-refractivity contribution in [3.63, 3.8) is 0 Å². The van der Waals surface area contributed by atoms with Crippen molar-refractivity contribution in [2.45, 2.75) is 32.5 Å². The molecule has 142 valence electrons. The van der Waals surface area contributed by atoms with Crippen LogP contribution >= 0.6 is 39.1 Å². The number of hydrogen-bond donors (Lipinski definition) is 2. The molecular formula is C19H22BrCl2NO3. The van der Waals surface area contributed by atoms with E-state index in [0.29, 0.717) is 28.1 Å². The lowest BCUT2D eigenvalue weighted by Crippen LogP contribution is -2.31. The third-order valence-electron chi connectivity index (χ3n) is 4.06. The minimum atomic E-state index is 0.0613. The molecule has 2 N–H and O–H groups in total. The summed E-state index contributed by atoms with van der Waals surface area (Å²) in [6.45, 7) is 2.97. The molecule has 0 heterocycles. The van der Waals surface area contributed by atoms with Crippen LogP contribution in [0.4, 0.5) is 0 Å². The molecule has 0 aliphatic carbocycles. The Kier molecular flexibility index (Phi) is 8.51. The molecule has 4 nitrogen and oxygen atoms in total. The SMILES string of the molecule is CCC(CO)NCc1cc(OC)c(OCc2c(Cl)cccc2Cl)cc1Br. The Labute approximate surface area is 172 Å². The third kappa shape index (κ3) is 5.51. The second kappa shape index (κ2) is 10.4. The summed E-state index contributed by atoms with van der Waals surface area (Å²) >= 11 is 16.0. The van der Waals surface area contributed by atoms with E-state index in [9.17, 15) is 5.11 Å². The molecule has 0 amide bonds. The largest absolute Gasteiger partial charge is 0.493 e. The predicted molar refractivity (Wildman–Crippen MR) is 109 cm³/mol. The van der Waals surface area contributed by atoms with E-state index in [1.54, 1.807) is 25.3 Å². The average molecular weight is 463 g/mol. The zero-order valence-electron chi connectivity index (χ0n) is 14.7. The Hall–Kier alpha value is -0.980. The maximum atomic E-state index is 9.30. The minimum absolute atomic E-state index is 0.0613. The Morgan fingerprint density at radius 2 is 1.88 bits per heavy atom. The molecule has 2 aromatic carbocycles. The van der Waals surface area contributed by atoms with Crippen LogP contribution in [0.2, 0.25) is 10.0 Å². The number of nitrogens with one attached hydrogen (secondary N) is 1. The number of methoxy groups -OCH3 is 1. The van der Waals surface area contributed by atoms with Gasteiger partial charge in [-0.25, -0.2) is 0 Å². The zero-order valence-corrected chi connectivity index (χ0v) is 17.8. The summed E-state index contributed by atoms with van der Waals surface area (Å²) in [6, 6.07) is 9.18. The van der Waals surface area contributed by atoms with E-state index in [0.717, 1.165) is 22.0 Å². The van der Waals surface area contributed by atoms with Gasteiger partial charge in [-0.3, -0.25) is 0 Å². The third-order valence-corrected chi connectivity index (χ3v) is 5.51. The van der Waals surface area contributed by atoms with Gasteiger partial charge < -0.3 is 19.9 Å². The smallest absolute Gasteiger partial charge is 0.162 e. The molecule has 26 heavy (non-hydrogen) atoms. The van der Waals surface area contributed by atoms with Crippen LogP contribution in [-0.2, 0) is 13.2 Å². The quantitative estimate of drug-likeness (QED) is 0.537. The molecule has 0 saturated heterocycles. The summed E-state index contributed by atoms with van der Waals surface area (Å²) in [5, 5.41) is 13.7. The molecule has 7 heteroatoms. The van der Waals surface area contributed by atoms with Gasteiger partial charge in [0, 0.05) is 32.7 Å².